The number of aromatic amines is 1. The first kappa shape index (κ1) is 22.6. The average Bonchev–Trinajstić information content (AvgIpc) is 3.38. The molecule has 32 heavy (non-hydrogen) atoms. The van der Waals surface area contributed by atoms with Gasteiger partial charge in [-0.1, -0.05) is 0 Å². The molecule has 2 heterocycles. The second kappa shape index (κ2) is 10.4. The number of amides is 1. The number of carbonyl (C=O) groups is 1. The Morgan fingerprint density at radius 2 is 2.09 bits per heavy atom. The number of aromatic nitrogens is 2. The number of methoxy groups -OCH3 is 1. The third-order valence-corrected chi connectivity index (χ3v) is 6.02. The summed E-state index contributed by atoms with van der Waals surface area (Å²) < 4.78 is 39.1. The van der Waals surface area contributed by atoms with Crippen molar-refractivity contribution in [2.75, 3.05) is 53.0 Å². The lowest BCUT2D eigenvalue weighted by Crippen LogP contribution is -2.51. The van der Waals surface area contributed by atoms with E-state index in [-0.39, 0.29) is 36.8 Å². The van der Waals surface area contributed by atoms with Gasteiger partial charge in [-0.3, -0.25) is 14.8 Å². The first-order chi connectivity index (χ1) is 15.5. The van der Waals surface area contributed by atoms with Crippen LogP contribution in [0.2, 0.25) is 0 Å². The molecule has 4 rings (SSSR count). The van der Waals surface area contributed by atoms with Gasteiger partial charge in [-0.25, -0.2) is 8.78 Å². The topological polar surface area (TPSA) is 82.7 Å². The molecule has 10 heteroatoms. The van der Waals surface area contributed by atoms with Crippen LogP contribution in [0.25, 0.3) is 0 Å². The minimum Gasteiger partial charge on any atom is -0.485 e. The molecule has 1 aliphatic heterocycles. The molecule has 0 radical (unpaired) electrons. The summed E-state index contributed by atoms with van der Waals surface area (Å²) in [6.07, 6.45) is 3.94. The van der Waals surface area contributed by atoms with E-state index in [2.05, 4.69) is 20.4 Å². The van der Waals surface area contributed by atoms with E-state index < -0.39 is 11.6 Å². The number of halogens is 2. The second-order valence-corrected chi connectivity index (χ2v) is 8.25. The summed E-state index contributed by atoms with van der Waals surface area (Å²) in [6, 6.07) is 2.13. The standard InChI is InChI=1S/C22H29F2N5O3/c1-31-7-6-28-2-4-29(5-3-28)21(30)13-25-20-10-17(20)18-8-16(23)9-19(24)22(18)32-14-15-11-26-27-12-15/h8-9,11-12,17,20,25H,2-7,10,13-14H2,1H3,(H,26,27)/t17-,20+/m0/s1. The molecule has 0 bridgehead atoms. The summed E-state index contributed by atoms with van der Waals surface area (Å²) in [5.41, 5.74) is 1.25. The summed E-state index contributed by atoms with van der Waals surface area (Å²) in [5, 5.41) is 9.75. The van der Waals surface area contributed by atoms with Gasteiger partial charge in [0.1, 0.15) is 12.4 Å². The number of H-pyrrole nitrogens is 1. The molecule has 1 amide bonds. The summed E-state index contributed by atoms with van der Waals surface area (Å²) in [5.74, 6) is -1.36. The number of piperazine rings is 1. The van der Waals surface area contributed by atoms with Crippen molar-refractivity contribution in [2.24, 2.45) is 0 Å². The van der Waals surface area contributed by atoms with Gasteiger partial charge < -0.3 is 19.7 Å². The molecule has 2 fully saturated rings. The molecule has 2 N–H and O–H groups in total. The number of rotatable bonds is 10. The molecule has 1 aromatic carbocycles. The van der Waals surface area contributed by atoms with E-state index in [0.29, 0.717) is 31.7 Å². The van der Waals surface area contributed by atoms with Gasteiger partial charge in [0.05, 0.1) is 19.3 Å². The van der Waals surface area contributed by atoms with E-state index in [1.54, 1.807) is 19.5 Å². The zero-order chi connectivity index (χ0) is 22.5. The van der Waals surface area contributed by atoms with Crippen molar-refractivity contribution < 1.29 is 23.0 Å². The monoisotopic (exact) mass is 449 g/mol. The molecule has 2 atom stereocenters. The maximum Gasteiger partial charge on any atom is 0.236 e. The Kier molecular flexibility index (Phi) is 7.33. The van der Waals surface area contributed by atoms with Gasteiger partial charge in [0, 0.05) is 75.2 Å². The average molecular weight is 450 g/mol. The van der Waals surface area contributed by atoms with Crippen LogP contribution in [0.3, 0.4) is 0 Å². The molecule has 2 aromatic rings. The van der Waals surface area contributed by atoms with Crippen molar-refractivity contribution in [3.63, 3.8) is 0 Å². The van der Waals surface area contributed by atoms with E-state index >= 15 is 0 Å². The second-order valence-electron chi connectivity index (χ2n) is 8.25. The lowest BCUT2D eigenvalue weighted by atomic mass is 10.1. The molecule has 2 aliphatic rings. The molecule has 8 nitrogen and oxygen atoms in total. The zero-order valence-corrected chi connectivity index (χ0v) is 18.2. The maximum absolute atomic E-state index is 14.4. The zero-order valence-electron chi connectivity index (χ0n) is 18.2. The molecule has 1 aliphatic carbocycles. The SMILES string of the molecule is COCCN1CCN(C(=O)CN[C@@H]2C[C@H]2c2cc(F)cc(F)c2OCc2cn[nH]c2)CC1. The number of hydrogen-bond donors (Lipinski definition) is 2. The lowest BCUT2D eigenvalue weighted by Gasteiger charge is -2.34. The minimum atomic E-state index is -0.725. The number of carbonyl (C=O) groups excluding carboxylic acids is 1. The first-order valence-electron chi connectivity index (χ1n) is 10.9. The molecule has 0 spiro atoms. The van der Waals surface area contributed by atoms with Gasteiger partial charge >= 0.3 is 0 Å². The Morgan fingerprint density at radius 1 is 1.28 bits per heavy atom. The van der Waals surface area contributed by atoms with Crippen LogP contribution in [0.15, 0.2) is 24.5 Å². The molecular weight excluding hydrogens is 420 g/mol. The van der Waals surface area contributed by atoms with Gasteiger partial charge in [0.15, 0.2) is 11.6 Å². The smallest absolute Gasteiger partial charge is 0.236 e. The normalized spacial score (nSPS) is 21.0. The third kappa shape index (κ3) is 5.62. The third-order valence-electron chi connectivity index (χ3n) is 6.02. The van der Waals surface area contributed by atoms with Crippen LogP contribution in [0.1, 0.15) is 23.5 Å². The van der Waals surface area contributed by atoms with E-state index in [1.165, 1.54) is 6.07 Å². The van der Waals surface area contributed by atoms with Crippen LogP contribution in [-0.2, 0) is 16.1 Å². The highest BCUT2D eigenvalue weighted by Gasteiger charge is 2.41. The fourth-order valence-corrected chi connectivity index (χ4v) is 4.06. The molecule has 1 saturated heterocycles. The largest absolute Gasteiger partial charge is 0.485 e. The van der Waals surface area contributed by atoms with Crippen molar-refractivity contribution in [3.8, 4) is 5.75 Å². The van der Waals surface area contributed by atoms with Crippen LogP contribution < -0.4 is 10.1 Å². The molecule has 0 unspecified atom stereocenters. The van der Waals surface area contributed by atoms with Crippen molar-refractivity contribution in [3.05, 3.63) is 47.3 Å². The van der Waals surface area contributed by atoms with Gasteiger partial charge in [-0.2, -0.15) is 5.10 Å². The number of ether oxygens (including phenoxy) is 2. The van der Waals surface area contributed by atoms with E-state index in [1.807, 2.05) is 4.90 Å². The maximum atomic E-state index is 14.4. The molecule has 1 saturated carbocycles. The Hall–Kier alpha value is -2.56. The van der Waals surface area contributed by atoms with Crippen LogP contribution in [0.5, 0.6) is 5.75 Å². The fourth-order valence-electron chi connectivity index (χ4n) is 4.06. The van der Waals surface area contributed by atoms with E-state index in [0.717, 1.165) is 31.3 Å². The molecular formula is C22H29F2N5O3. The Morgan fingerprint density at radius 3 is 2.81 bits per heavy atom. The predicted octanol–water partition coefficient (Wildman–Crippen LogP) is 1.50. The number of nitrogens with one attached hydrogen (secondary N) is 2. The number of nitrogens with zero attached hydrogens (tertiary/aromatic N) is 3. The van der Waals surface area contributed by atoms with Gasteiger partial charge in [-0.15, -0.1) is 0 Å². The van der Waals surface area contributed by atoms with Crippen molar-refractivity contribution in [1.29, 1.82) is 0 Å². The van der Waals surface area contributed by atoms with Crippen LogP contribution in [0, 0.1) is 11.6 Å². The molecule has 174 valence electrons. The fraction of sp³-hybridized carbons (Fsp3) is 0.545. The van der Waals surface area contributed by atoms with Gasteiger partial charge in [0.2, 0.25) is 5.91 Å². The minimum absolute atomic E-state index is 0.0144. The lowest BCUT2D eigenvalue weighted by molar-refractivity contribution is -0.132. The number of benzene rings is 1. The summed E-state index contributed by atoms with van der Waals surface area (Å²) in [4.78, 5) is 16.7. The Labute approximate surface area is 185 Å². The highest BCUT2D eigenvalue weighted by atomic mass is 19.1. The van der Waals surface area contributed by atoms with E-state index in [4.69, 9.17) is 9.47 Å². The summed E-state index contributed by atoms with van der Waals surface area (Å²) in [7, 11) is 1.68. The first-order valence-corrected chi connectivity index (χ1v) is 10.9. The Balaban J connectivity index is 1.28. The van der Waals surface area contributed by atoms with Crippen LogP contribution >= 0.6 is 0 Å². The quantitative estimate of drug-likeness (QED) is 0.572. The summed E-state index contributed by atoms with van der Waals surface area (Å²) >= 11 is 0. The number of hydrogen-bond acceptors (Lipinski definition) is 6. The van der Waals surface area contributed by atoms with Crippen LogP contribution in [0.4, 0.5) is 8.78 Å². The highest BCUT2D eigenvalue weighted by molar-refractivity contribution is 5.78. The van der Waals surface area contributed by atoms with Crippen molar-refractivity contribution >= 4 is 5.91 Å². The highest BCUT2D eigenvalue weighted by Crippen LogP contribution is 2.46. The van der Waals surface area contributed by atoms with E-state index in [9.17, 15) is 13.6 Å². The van der Waals surface area contributed by atoms with Gasteiger partial charge in [-0.05, 0) is 12.5 Å². The summed E-state index contributed by atoms with van der Waals surface area (Å²) in [6.45, 7) is 4.96. The van der Waals surface area contributed by atoms with Crippen LogP contribution in [-0.4, -0.2) is 84.9 Å². The molecule has 1 aromatic heterocycles. The van der Waals surface area contributed by atoms with Crippen molar-refractivity contribution in [2.45, 2.75) is 25.0 Å². The van der Waals surface area contributed by atoms with Crippen molar-refractivity contribution in [1.82, 2.24) is 25.3 Å². The Bertz CT molecular complexity index is 903. The predicted molar refractivity (Wildman–Crippen MR) is 113 cm³/mol. The van der Waals surface area contributed by atoms with Gasteiger partial charge in [0.25, 0.3) is 0 Å².